The third kappa shape index (κ3) is 2.30. The molecule has 0 unspecified atom stereocenters. The normalized spacial score (nSPS) is 11.7. The van der Waals surface area contributed by atoms with Crippen LogP contribution in [0.2, 0.25) is 0 Å². The second-order valence-corrected chi connectivity index (χ2v) is 4.11. The Bertz CT molecular complexity index is 276. The predicted octanol–water partition coefficient (Wildman–Crippen LogP) is 3.33. The minimum absolute atomic E-state index is 0.213. The van der Waals surface area contributed by atoms with Crippen LogP contribution in [0.3, 0.4) is 0 Å². The van der Waals surface area contributed by atoms with Gasteiger partial charge in [-0.15, -0.1) is 0 Å². The van der Waals surface area contributed by atoms with Crippen LogP contribution in [0.25, 0.3) is 0 Å². The van der Waals surface area contributed by atoms with Crippen LogP contribution in [0.4, 0.5) is 0 Å². The number of aryl methyl sites for hydroxylation is 1. The highest BCUT2D eigenvalue weighted by molar-refractivity contribution is 5.18. The lowest BCUT2D eigenvalue weighted by Crippen LogP contribution is -2.17. The molecule has 0 N–H and O–H groups in total. The highest BCUT2D eigenvalue weighted by atomic mass is 14.7. The highest BCUT2D eigenvalue weighted by Crippen LogP contribution is 2.24. The van der Waals surface area contributed by atoms with Crippen LogP contribution in [0.5, 0.6) is 0 Å². The van der Waals surface area contributed by atoms with Crippen LogP contribution in [0.15, 0.2) is 18.2 Å². The summed E-state index contributed by atoms with van der Waals surface area (Å²) in [5.74, 6) is 0. The lowest BCUT2D eigenvalue weighted by molar-refractivity contribution is 0.488. The van der Waals surface area contributed by atoms with Crippen molar-refractivity contribution in [3.8, 4) is 0 Å². The maximum absolute atomic E-state index is 4.63. The summed E-state index contributed by atoms with van der Waals surface area (Å²) in [4.78, 5) is 4.63. The Morgan fingerprint density at radius 2 is 1.92 bits per heavy atom. The molecule has 0 atom stereocenters. The Morgan fingerprint density at radius 3 is 2.46 bits per heavy atom. The first-order valence-electron chi connectivity index (χ1n) is 5.06. The van der Waals surface area contributed by atoms with Crippen LogP contribution in [0, 0.1) is 0 Å². The zero-order chi connectivity index (χ0) is 9.90. The molecular weight excluding hydrogens is 158 g/mol. The van der Waals surface area contributed by atoms with E-state index in [0.717, 1.165) is 12.8 Å². The molecule has 0 saturated heterocycles. The summed E-state index contributed by atoms with van der Waals surface area (Å²) in [7, 11) is 0. The second-order valence-electron chi connectivity index (χ2n) is 4.11. The van der Waals surface area contributed by atoms with Crippen LogP contribution in [0.1, 0.15) is 45.5 Å². The molecule has 0 bridgehead atoms. The molecule has 1 nitrogen and oxygen atoms in total. The lowest BCUT2D eigenvalue weighted by Gasteiger charge is -2.22. The Morgan fingerprint density at radius 1 is 1.23 bits per heavy atom. The van der Waals surface area contributed by atoms with Crippen molar-refractivity contribution in [2.75, 3.05) is 0 Å². The maximum atomic E-state index is 4.63. The van der Waals surface area contributed by atoms with E-state index in [-0.39, 0.29) is 5.41 Å². The van der Waals surface area contributed by atoms with E-state index in [1.807, 2.05) is 0 Å². The van der Waals surface area contributed by atoms with E-state index in [4.69, 9.17) is 0 Å². The Balaban J connectivity index is 3.01. The molecule has 0 spiro atoms. The highest BCUT2D eigenvalue weighted by Gasteiger charge is 2.19. The summed E-state index contributed by atoms with van der Waals surface area (Å²) in [6, 6.07) is 6.33. The average Bonchev–Trinajstić information content (AvgIpc) is 2.18. The topological polar surface area (TPSA) is 12.9 Å². The van der Waals surface area contributed by atoms with Gasteiger partial charge < -0.3 is 0 Å². The van der Waals surface area contributed by atoms with Crippen molar-refractivity contribution >= 4 is 0 Å². The lowest BCUT2D eigenvalue weighted by atomic mass is 9.86. The molecule has 0 radical (unpaired) electrons. The number of aromatic nitrogens is 1. The van der Waals surface area contributed by atoms with Crippen molar-refractivity contribution < 1.29 is 0 Å². The van der Waals surface area contributed by atoms with Crippen molar-refractivity contribution in [2.45, 2.75) is 46.0 Å². The second kappa shape index (κ2) is 3.91. The molecule has 1 aromatic rings. The fourth-order valence-corrected chi connectivity index (χ4v) is 1.23. The first-order valence-corrected chi connectivity index (χ1v) is 5.06. The molecule has 0 aromatic carbocycles. The first kappa shape index (κ1) is 10.2. The molecule has 1 heteroatoms. The zero-order valence-electron chi connectivity index (χ0n) is 9.09. The molecule has 0 saturated carbocycles. The minimum Gasteiger partial charge on any atom is -0.257 e. The van der Waals surface area contributed by atoms with Gasteiger partial charge in [-0.05, 0) is 25.0 Å². The summed E-state index contributed by atoms with van der Waals surface area (Å²) in [6.07, 6.45) is 2.15. The number of hydrogen-bond donors (Lipinski definition) is 0. The van der Waals surface area contributed by atoms with Crippen LogP contribution in [-0.4, -0.2) is 4.98 Å². The van der Waals surface area contributed by atoms with Crippen molar-refractivity contribution in [1.29, 1.82) is 0 Å². The first-order chi connectivity index (χ1) is 6.10. The van der Waals surface area contributed by atoms with E-state index in [0.29, 0.717) is 0 Å². The van der Waals surface area contributed by atoms with Gasteiger partial charge in [0.25, 0.3) is 0 Å². The minimum atomic E-state index is 0.213. The summed E-state index contributed by atoms with van der Waals surface area (Å²) in [6.45, 7) is 8.84. The van der Waals surface area contributed by atoms with Gasteiger partial charge in [0.05, 0.1) is 0 Å². The number of hydrogen-bond acceptors (Lipinski definition) is 1. The smallest absolute Gasteiger partial charge is 0.0463 e. The molecule has 0 amide bonds. The largest absolute Gasteiger partial charge is 0.257 e. The summed E-state index contributed by atoms with van der Waals surface area (Å²) in [5, 5.41) is 0. The third-order valence-electron chi connectivity index (χ3n) is 2.75. The van der Waals surface area contributed by atoms with Gasteiger partial charge in [-0.1, -0.05) is 33.8 Å². The average molecular weight is 177 g/mol. The molecular formula is C12H19N. The van der Waals surface area contributed by atoms with Gasteiger partial charge in [0.2, 0.25) is 0 Å². The summed E-state index contributed by atoms with van der Waals surface area (Å²) >= 11 is 0. The van der Waals surface area contributed by atoms with E-state index >= 15 is 0 Å². The summed E-state index contributed by atoms with van der Waals surface area (Å²) in [5.41, 5.74) is 2.62. The molecule has 1 rings (SSSR count). The van der Waals surface area contributed by atoms with Crippen molar-refractivity contribution in [1.82, 2.24) is 4.98 Å². The predicted molar refractivity (Wildman–Crippen MR) is 56.9 cm³/mol. The van der Waals surface area contributed by atoms with Crippen LogP contribution < -0.4 is 0 Å². The molecule has 0 aliphatic carbocycles. The van der Waals surface area contributed by atoms with Crippen LogP contribution in [-0.2, 0) is 11.8 Å². The van der Waals surface area contributed by atoms with Gasteiger partial charge in [0.15, 0.2) is 0 Å². The zero-order valence-corrected chi connectivity index (χ0v) is 9.09. The fraction of sp³-hybridized carbons (Fsp3) is 0.583. The SMILES string of the molecule is CCc1cccc(C(C)(C)CC)n1. The van der Waals surface area contributed by atoms with Gasteiger partial charge >= 0.3 is 0 Å². The number of nitrogens with zero attached hydrogens (tertiary/aromatic N) is 1. The Kier molecular flexibility index (Phi) is 3.07. The van der Waals surface area contributed by atoms with Gasteiger partial charge in [-0.3, -0.25) is 4.98 Å². The van der Waals surface area contributed by atoms with Crippen molar-refractivity contribution in [2.24, 2.45) is 0 Å². The molecule has 1 aromatic heterocycles. The van der Waals surface area contributed by atoms with Gasteiger partial charge in [-0.2, -0.15) is 0 Å². The Hall–Kier alpha value is -0.850. The molecule has 1 heterocycles. The van der Waals surface area contributed by atoms with E-state index in [1.54, 1.807) is 0 Å². The van der Waals surface area contributed by atoms with E-state index < -0.39 is 0 Å². The summed E-state index contributed by atoms with van der Waals surface area (Å²) < 4.78 is 0. The van der Waals surface area contributed by atoms with E-state index in [2.05, 4.69) is 50.9 Å². The quantitative estimate of drug-likeness (QED) is 0.690. The molecule has 13 heavy (non-hydrogen) atoms. The van der Waals surface area contributed by atoms with Crippen molar-refractivity contribution in [3.63, 3.8) is 0 Å². The van der Waals surface area contributed by atoms with E-state index in [9.17, 15) is 0 Å². The number of pyridine rings is 1. The van der Waals surface area contributed by atoms with Crippen LogP contribution >= 0.6 is 0 Å². The van der Waals surface area contributed by atoms with Gasteiger partial charge in [0, 0.05) is 16.8 Å². The number of rotatable bonds is 3. The molecule has 0 aliphatic rings. The molecule has 0 fully saturated rings. The maximum Gasteiger partial charge on any atom is 0.0463 e. The Labute approximate surface area is 81.2 Å². The van der Waals surface area contributed by atoms with Gasteiger partial charge in [-0.25, -0.2) is 0 Å². The molecule has 72 valence electrons. The molecule has 0 aliphatic heterocycles. The van der Waals surface area contributed by atoms with Crippen molar-refractivity contribution in [3.05, 3.63) is 29.6 Å². The standard InChI is InChI=1S/C12H19N/c1-5-10-8-7-9-11(13-10)12(3,4)6-2/h7-9H,5-6H2,1-4H3. The third-order valence-corrected chi connectivity index (χ3v) is 2.75. The fourth-order valence-electron chi connectivity index (χ4n) is 1.23. The van der Waals surface area contributed by atoms with Gasteiger partial charge in [0.1, 0.15) is 0 Å². The monoisotopic (exact) mass is 177 g/mol. The van der Waals surface area contributed by atoms with E-state index in [1.165, 1.54) is 11.4 Å².